The summed E-state index contributed by atoms with van der Waals surface area (Å²) in [7, 11) is 1.65. The molecular formula is C29H44N4O7. The number of morpholine rings is 1. The lowest BCUT2D eigenvalue weighted by Crippen LogP contribution is -2.58. The van der Waals surface area contributed by atoms with Crippen LogP contribution in [-0.4, -0.2) is 114 Å². The summed E-state index contributed by atoms with van der Waals surface area (Å²) in [5.41, 5.74) is 2.02. The number of unbranched alkanes of at least 4 members (excludes halogenated alkanes) is 1. The van der Waals surface area contributed by atoms with E-state index in [9.17, 15) is 24.3 Å². The predicted molar refractivity (Wildman–Crippen MR) is 148 cm³/mol. The van der Waals surface area contributed by atoms with Crippen LogP contribution in [0.2, 0.25) is 0 Å². The van der Waals surface area contributed by atoms with Crippen molar-refractivity contribution in [2.45, 2.75) is 65.0 Å². The maximum Gasteiger partial charge on any atom is 0.407 e. The number of methoxy groups -OCH3 is 1. The van der Waals surface area contributed by atoms with Gasteiger partial charge >= 0.3 is 6.09 Å². The largest absolute Gasteiger partial charge is 0.465 e. The molecular weight excluding hydrogens is 516 g/mol. The fourth-order valence-electron chi connectivity index (χ4n) is 6.22. The quantitative estimate of drug-likeness (QED) is 0.437. The summed E-state index contributed by atoms with van der Waals surface area (Å²) >= 11 is 0. The lowest BCUT2D eigenvalue weighted by molar-refractivity contribution is -0.142. The Morgan fingerprint density at radius 2 is 1.88 bits per heavy atom. The van der Waals surface area contributed by atoms with Gasteiger partial charge in [-0.15, -0.1) is 0 Å². The van der Waals surface area contributed by atoms with Crippen molar-refractivity contribution >= 4 is 23.7 Å². The summed E-state index contributed by atoms with van der Waals surface area (Å²) in [4.78, 5) is 57.7. The SMILES string of the molecule is COCCCCn1c(C(=O)N(CC(C)C)[C@H]2C[C@@H](C(=O)N3CCOCC3)CN(C(=O)O)C2)cc2c1C(=O)CCC2. The van der Waals surface area contributed by atoms with Gasteiger partial charge in [0.25, 0.3) is 5.91 Å². The first-order valence-corrected chi connectivity index (χ1v) is 14.6. The second kappa shape index (κ2) is 13.6. The predicted octanol–water partition coefficient (Wildman–Crippen LogP) is 2.76. The highest BCUT2D eigenvalue weighted by atomic mass is 16.5. The van der Waals surface area contributed by atoms with Gasteiger partial charge in [0.1, 0.15) is 5.69 Å². The van der Waals surface area contributed by atoms with Gasteiger partial charge in [0.05, 0.1) is 30.9 Å². The first-order valence-electron chi connectivity index (χ1n) is 14.6. The van der Waals surface area contributed by atoms with Gasteiger partial charge in [-0.1, -0.05) is 13.8 Å². The number of fused-ring (bicyclic) bond motifs is 1. The molecule has 11 nitrogen and oxygen atoms in total. The number of ketones is 1. The Balaban J connectivity index is 1.65. The molecule has 222 valence electrons. The number of aromatic nitrogens is 1. The van der Waals surface area contributed by atoms with Gasteiger partial charge in [-0.05, 0) is 49.7 Å². The van der Waals surface area contributed by atoms with Gasteiger partial charge in [-0.2, -0.15) is 0 Å². The third kappa shape index (κ3) is 6.86. The van der Waals surface area contributed by atoms with E-state index in [0.717, 1.165) is 31.2 Å². The lowest BCUT2D eigenvalue weighted by atomic mass is 9.91. The van der Waals surface area contributed by atoms with Crippen LogP contribution in [0.4, 0.5) is 4.79 Å². The topological polar surface area (TPSA) is 122 Å². The Kier molecular flexibility index (Phi) is 10.2. The summed E-state index contributed by atoms with van der Waals surface area (Å²) in [6.07, 6.45) is 2.87. The average Bonchev–Trinajstić information content (AvgIpc) is 3.33. The molecule has 2 saturated heterocycles. The van der Waals surface area contributed by atoms with Crippen molar-refractivity contribution in [3.05, 3.63) is 23.0 Å². The van der Waals surface area contributed by atoms with Gasteiger partial charge in [0.2, 0.25) is 5.91 Å². The van der Waals surface area contributed by atoms with Crippen molar-refractivity contribution in [2.75, 3.05) is 59.7 Å². The zero-order valence-electron chi connectivity index (χ0n) is 24.1. The van der Waals surface area contributed by atoms with Crippen LogP contribution in [0.3, 0.4) is 0 Å². The van der Waals surface area contributed by atoms with Crippen molar-refractivity contribution in [3.8, 4) is 0 Å². The zero-order chi connectivity index (χ0) is 28.8. The molecule has 40 heavy (non-hydrogen) atoms. The van der Waals surface area contributed by atoms with E-state index in [0.29, 0.717) is 70.2 Å². The highest BCUT2D eigenvalue weighted by Crippen LogP contribution is 2.30. The van der Waals surface area contributed by atoms with Crippen LogP contribution in [-0.2, 0) is 27.2 Å². The van der Waals surface area contributed by atoms with Crippen LogP contribution in [0, 0.1) is 11.8 Å². The molecule has 1 aromatic heterocycles. The molecule has 1 aromatic rings. The molecule has 0 unspecified atom stereocenters. The highest BCUT2D eigenvalue weighted by Gasteiger charge is 2.41. The van der Waals surface area contributed by atoms with Crippen molar-refractivity contribution < 1.29 is 33.8 Å². The molecule has 0 bridgehead atoms. The third-order valence-corrected chi connectivity index (χ3v) is 8.12. The number of hydrogen-bond donors (Lipinski definition) is 1. The van der Waals surface area contributed by atoms with Crippen molar-refractivity contribution in [2.24, 2.45) is 11.8 Å². The number of nitrogens with zero attached hydrogens (tertiary/aromatic N) is 4. The lowest BCUT2D eigenvalue weighted by Gasteiger charge is -2.43. The molecule has 1 aliphatic carbocycles. The summed E-state index contributed by atoms with van der Waals surface area (Å²) in [5.74, 6) is -0.644. The third-order valence-electron chi connectivity index (χ3n) is 8.12. The van der Waals surface area contributed by atoms with E-state index in [1.165, 1.54) is 4.90 Å². The Hall–Kier alpha value is -2.92. The molecule has 2 fully saturated rings. The monoisotopic (exact) mass is 560 g/mol. The fourth-order valence-corrected chi connectivity index (χ4v) is 6.22. The molecule has 3 heterocycles. The molecule has 0 radical (unpaired) electrons. The Labute approximate surface area is 236 Å². The molecule has 4 rings (SSSR count). The number of rotatable bonds is 10. The number of carboxylic acid groups (broad SMARTS) is 1. The number of ether oxygens (including phenoxy) is 2. The van der Waals surface area contributed by atoms with Gasteiger partial charge in [-0.3, -0.25) is 14.4 Å². The molecule has 2 atom stereocenters. The molecule has 1 N–H and O–H groups in total. The van der Waals surface area contributed by atoms with E-state index in [1.54, 1.807) is 16.9 Å². The number of carbonyl (C=O) groups excluding carboxylic acids is 3. The molecule has 3 aliphatic rings. The minimum Gasteiger partial charge on any atom is -0.465 e. The zero-order valence-corrected chi connectivity index (χ0v) is 24.1. The average molecular weight is 561 g/mol. The van der Waals surface area contributed by atoms with Crippen molar-refractivity contribution in [1.82, 2.24) is 19.3 Å². The number of hydrogen-bond acceptors (Lipinski definition) is 6. The van der Waals surface area contributed by atoms with Crippen LogP contribution in [0.5, 0.6) is 0 Å². The number of aryl methyl sites for hydroxylation is 1. The number of piperidine rings is 1. The Morgan fingerprint density at radius 3 is 2.55 bits per heavy atom. The van der Waals surface area contributed by atoms with E-state index >= 15 is 0 Å². The first-order chi connectivity index (χ1) is 19.2. The number of likely N-dealkylation sites (tertiary alicyclic amines) is 1. The number of Topliss-reactive ketones (excluding diaryl/α,β-unsaturated/α-hetero) is 1. The Morgan fingerprint density at radius 1 is 1.12 bits per heavy atom. The minimum absolute atomic E-state index is 0.0633. The number of carbonyl (C=O) groups is 4. The maximum absolute atomic E-state index is 14.4. The van der Waals surface area contributed by atoms with E-state index in [2.05, 4.69) is 0 Å². The summed E-state index contributed by atoms with van der Waals surface area (Å²) in [5, 5.41) is 9.94. The van der Waals surface area contributed by atoms with E-state index < -0.39 is 18.1 Å². The van der Waals surface area contributed by atoms with E-state index in [-0.39, 0.29) is 36.6 Å². The van der Waals surface area contributed by atoms with Crippen LogP contribution in [0.15, 0.2) is 6.07 Å². The summed E-state index contributed by atoms with van der Waals surface area (Å²) in [6.45, 7) is 7.76. The molecule has 0 aromatic carbocycles. The second-order valence-corrected chi connectivity index (χ2v) is 11.6. The maximum atomic E-state index is 14.4. The highest BCUT2D eigenvalue weighted by molar-refractivity contribution is 6.01. The van der Waals surface area contributed by atoms with E-state index in [1.807, 2.05) is 24.5 Å². The molecule has 0 spiro atoms. The fraction of sp³-hybridized carbons (Fsp3) is 0.724. The molecule has 0 saturated carbocycles. The smallest absolute Gasteiger partial charge is 0.407 e. The molecule has 3 amide bonds. The first kappa shape index (κ1) is 30.0. The molecule has 2 aliphatic heterocycles. The minimum atomic E-state index is -1.09. The van der Waals surface area contributed by atoms with Crippen molar-refractivity contribution in [1.29, 1.82) is 0 Å². The van der Waals surface area contributed by atoms with Crippen LogP contribution in [0.25, 0.3) is 0 Å². The van der Waals surface area contributed by atoms with Gasteiger partial charge < -0.3 is 33.8 Å². The summed E-state index contributed by atoms with van der Waals surface area (Å²) < 4.78 is 12.5. The van der Waals surface area contributed by atoms with Crippen LogP contribution < -0.4 is 0 Å². The van der Waals surface area contributed by atoms with E-state index in [4.69, 9.17) is 9.47 Å². The van der Waals surface area contributed by atoms with Crippen molar-refractivity contribution in [3.63, 3.8) is 0 Å². The normalized spacial score (nSPS) is 21.4. The second-order valence-electron chi connectivity index (χ2n) is 11.6. The Bertz CT molecular complexity index is 1080. The standard InChI is InChI=1S/C29H44N4O7/c1-20(2)17-33(23-15-22(18-31(19-23)29(37)38)27(35)30-10-13-40-14-11-30)28(36)24-16-21-7-6-8-25(34)26(21)32(24)9-4-5-12-39-3/h16,20,22-23H,4-15,17-19H2,1-3H3,(H,37,38)/t22-,23+/m1/s1. The number of amides is 3. The van der Waals surface area contributed by atoms with Gasteiger partial charge in [0, 0.05) is 59.4 Å². The summed E-state index contributed by atoms with van der Waals surface area (Å²) in [6, 6.07) is 1.41. The molecule has 11 heteroatoms. The van der Waals surface area contributed by atoms with Crippen LogP contribution in [0.1, 0.15) is 72.5 Å². The van der Waals surface area contributed by atoms with Crippen LogP contribution >= 0.6 is 0 Å². The van der Waals surface area contributed by atoms with Gasteiger partial charge in [0.15, 0.2) is 5.78 Å². The van der Waals surface area contributed by atoms with Gasteiger partial charge in [-0.25, -0.2) is 4.79 Å².